The summed E-state index contributed by atoms with van der Waals surface area (Å²) < 4.78 is 6.54. The number of hydrogen-bond acceptors (Lipinski definition) is 5. The summed E-state index contributed by atoms with van der Waals surface area (Å²) in [5.41, 5.74) is 2.43. The molecular weight excluding hydrogens is 270 g/mol. The zero-order valence-electron chi connectivity index (χ0n) is 12.2. The molecule has 112 valence electrons. The van der Waals surface area contributed by atoms with E-state index in [4.69, 9.17) is 4.74 Å². The second kappa shape index (κ2) is 7.49. The van der Waals surface area contributed by atoms with Crippen LogP contribution in [0.15, 0.2) is 24.5 Å². The van der Waals surface area contributed by atoms with Crippen molar-refractivity contribution in [1.82, 2.24) is 25.5 Å². The van der Waals surface area contributed by atoms with Crippen molar-refractivity contribution in [1.29, 1.82) is 0 Å². The third kappa shape index (κ3) is 4.09. The first-order chi connectivity index (χ1) is 10.2. The molecule has 1 heterocycles. The number of methoxy groups -OCH3 is 1. The van der Waals surface area contributed by atoms with Gasteiger partial charge < -0.3 is 10.1 Å². The van der Waals surface area contributed by atoms with Gasteiger partial charge in [0.2, 0.25) is 0 Å². The number of aromatic nitrogens is 4. The van der Waals surface area contributed by atoms with Crippen LogP contribution in [0, 0.1) is 6.92 Å². The Kier molecular flexibility index (Phi) is 5.39. The number of aryl methyl sites for hydroxylation is 1. The topological polar surface area (TPSA) is 81.9 Å². The number of rotatable bonds is 7. The smallest absolute Gasteiger partial charge is 0.251 e. The van der Waals surface area contributed by atoms with E-state index in [-0.39, 0.29) is 5.91 Å². The highest BCUT2D eigenvalue weighted by Gasteiger charge is 2.08. The van der Waals surface area contributed by atoms with Gasteiger partial charge in [0, 0.05) is 25.8 Å². The molecule has 0 saturated heterocycles. The summed E-state index contributed by atoms with van der Waals surface area (Å²) >= 11 is 0. The molecule has 0 unspecified atom stereocenters. The zero-order valence-corrected chi connectivity index (χ0v) is 12.2. The summed E-state index contributed by atoms with van der Waals surface area (Å²) in [4.78, 5) is 12.0. The van der Waals surface area contributed by atoms with Crippen LogP contribution in [0.25, 0.3) is 5.69 Å². The summed E-state index contributed by atoms with van der Waals surface area (Å²) in [6.45, 7) is 3.29. The molecule has 0 aliphatic heterocycles. The van der Waals surface area contributed by atoms with E-state index < -0.39 is 0 Å². The van der Waals surface area contributed by atoms with Gasteiger partial charge in [-0.15, -0.1) is 5.10 Å². The number of carbonyl (C=O) groups is 1. The first-order valence-electron chi connectivity index (χ1n) is 6.83. The molecule has 0 atom stereocenters. The van der Waals surface area contributed by atoms with Crippen LogP contribution in [0.1, 0.15) is 28.8 Å². The van der Waals surface area contributed by atoms with Crippen molar-refractivity contribution < 1.29 is 9.53 Å². The summed E-state index contributed by atoms with van der Waals surface area (Å²) in [6, 6.07) is 5.45. The number of amides is 1. The average Bonchev–Trinajstić information content (AvgIpc) is 3.00. The van der Waals surface area contributed by atoms with E-state index in [1.807, 2.05) is 19.1 Å². The lowest BCUT2D eigenvalue weighted by atomic mass is 10.1. The van der Waals surface area contributed by atoms with E-state index in [1.165, 1.54) is 6.33 Å². The van der Waals surface area contributed by atoms with Gasteiger partial charge in [0.25, 0.3) is 5.91 Å². The molecule has 1 aromatic carbocycles. The number of nitrogens with zero attached hydrogens (tertiary/aromatic N) is 4. The molecular formula is C14H19N5O2. The van der Waals surface area contributed by atoms with Gasteiger partial charge in [0.1, 0.15) is 6.33 Å². The van der Waals surface area contributed by atoms with Crippen molar-refractivity contribution in [3.05, 3.63) is 35.7 Å². The maximum absolute atomic E-state index is 12.0. The molecule has 0 fully saturated rings. The Morgan fingerprint density at radius 2 is 2.24 bits per heavy atom. The standard InChI is InChI=1S/C14H19N5O2/c1-11-9-12(14(20)15-7-3-4-8-21-2)5-6-13(11)19-10-16-17-18-19/h5-6,9-10H,3-4,7-8H2,1-2H3,(H,15,20). The van der Waals surface area contributed by atoms with E-state index >= 15 is 0 Å². The normalized spacial score (nSPS) is 10.6. The van der Waals surface area contributed by atoms with Crippen LogP contribution in [-0.4, -0.2) is 46.4 Å². The molecule has 0 saturated carbocycles. The largest absolute Gasteiger partial charge is 0.385 e. The highest BCUT2D eigenvalue weighted by atomic mass is 16.5. The Morgan fingerprint density at radius 3 is 2.90 bits per heavy atom. The SMILES string of the molecule is COCCCCNC(=O)c1ccc(-n2cnnn2)c(C)c1. The molecule has 2 rings (SSSR count). The van der Waals surface area contributed by atoms with Crippen LogP contribution in [0.5, 0.6) is 0 Å². The van der Waals surface area contributed by atoms with Gasteiger partial charge in [-0.25, -0.2) is 4.68 Å². The number of hydrogen-bond donors (Lipinski definition) is 1. The van der Waals surface area contributed by atoms with Gasteiger partial charge in [-0.3, -0.25) is 4.79 Å². The third-order valence-corrected chi connectivity index (χ3v) is 3.12. The van der Waals surface area contributed by atoms with Gasteiger partial charge in [0.05, 0.1) is 5.69 Å². The van der Waals surface area contributed by atoms with Crippen molar-refractivity contribution in [2.75, 3.05) is 20.3 Å². The molecule has 1 amide bonds. The minimum Gasteiger partial charge on any atom is -0.385 e. The van der Waals surface area contributed by atoms with Crippen LogP contribution >= 0.6 is 0 Å². The highest BCUT2D eigenvalue weighted by molar-refractivity contribution is 5.94. The Bertz CT molecular complexity index is 583. The van der Waals surface area contributed by atoms with Crippen molar-refractivity contribution in [2.24, 2.45) is 0 Å². The lowest BCUT2D eigenvalue weighted by Crippen LogP contribution is -2.24. The van der Waals surface area contributed by atoms with E-state index in [0.717, 1.165) is 30.7 Å². The van der Waals surface area contributed by atoms with Crippen molar-refractivity contribution in [3.8, 4) is 5.69 Å². The summed E-state index contributed by atoms with van der Waals surface area (Å²) in [7, 11) is 1.67. The van der Waals surface area contributed by atoms with Gasteiger partial charge >= 0.3 is 0 Å². The molecule has 0 radical (unpaired) electrons. The number of tetrazole rings is 1. The van der Waals surface area contributed by atoms with Gasteiger partial charge in [-0.1, -0.05) is 0 Å². The quantitative estimate of drug-likeness (QED) is 0.773. The third-order valence-electron chi connectivity index (χ3n) is 3.12. The first-order valence-corrected chi connectivity index (χ1v) is 6.83. The molecule has 1 aromatic heterocycles. The number of benzene rings is 1. The minimum atomic E-state index is -0.0706. The van der Waals surface area contributed by atoms with E-state index in [2.05, 4.69) is 20.8 Å². The molecule has 7 nitrogen and oxygen atoms in total. The number of unbranched alkanes of at least 4 members (excludes halogenated alkanes) is 1. The van der Waals surface area contributed by atoms with E-state index in [0.29, 0.717) is 12.1 Å². The zero-order chi connectivity index (χ0) is 15.1. The second-order valence-electron chi connectivity index (χ2n) is 4.71. The average molecular weight is 289 g/mol. The number of nitrogens with one attached hydrogen (secondary N) is 1. The van der Waals surface area contributed by atoms with Crippen LogP contribution in [-0.2, 0) is 4.74 Å². The van der Waals surface area contributed by atoms with Crippen LogP contribution < -0.4 is 5.32 Å². The summed E-state index contributed by atoms with van der Waals surface area (Å²) in [5, 5.41) is 14.0. The lowest BCUT2D eigenvalue weighted by molar-refractivity contribution is 0.0951. The predicted octanol–water partition coefficient (Wildman–Crippen LogP) is 1.13. The van der Waals surface area contributed by atoms with E-state index in [1.54, 1.807) is 17.9 Å². The molecule has 21 heavy (non-hydrogen) atoms. The Balaban J connectivity index is 1.95. The minimum absolute atomic E-state index is 0.0706. The Hall–Kier alpha value is -2.28. The van der Waals surface area contributed by atoms with Gasteiger partial charge in [0.15, 0.2) is 0 Å². The fourth-order valence-corrected chi connectivity index (χ4v) is 2.00. The molecule has 0 aliphatic rings. The van der Waals surface area contributed by atoms with Crippen LogP contribution in [0.4, 0.5) is 0 Å². The van der Waals surface area contributed by atoms with Crippen LogP contribution in [0.2, 0.25) is 0 Å². The molecule has 7 heteroatoms. The molecule has 0 spiro atoms. The predicted molar refractivity (Wildman–Crippen MR) is 77.3 cm³/mol. The van der Waals surface area contributed by atoms with Crippen LogP contribution in [0.3, 0.4) is 0 Å². The Morgan fingerprint density at radius 1 is 1.38 bits per heavy atom. The molecule has 0 aliphatic carbocycles. The monoisotopic (exact) mass is 289 g/mol. The highest BCUT2D eigenvalue weighted by Crippen LogP contribution is 2.14. The molecule has 2 aromatic rings. The van der Waals surface area contributed by atoms with Crippen molar-refractivity contribution in [2.45, 2.75) is 19.8 Å². The molecule has 0 bridgehead atoms. The van der Waals surface area contributed by atoms with Gasteiger partial charge in [-0.05, 0) is 54.0 Å². The van der Waals surface area contributed by atoms with Crippen molar-refractivity contribution >= 4 is 5.91 Å². The number of ether oxygens (including phenoxy) is 1. The van der Waals surface area contributed by atoms with Crippen molar-refractivity contribution in [3.63, 3.8) is 0 Å². The summed E-state index contributed by atoms with van der Waals surface area (Å²) in [5.74, 6) is -0.0706. The maximum Gasteiger partial charge on any atom is 0.251 e. The van der Waals surface area contributed by atoms with E-state index in [9.17, 15) is 4.79 Å². The number of carbonyl (C=O) groups excluding carboxylic acids is 1. The second-order valence-corrected chi connectivity index (χ2v) is 4.71. The lowest BCUT2D eigenvalue weighted by Gasteiger charge is -2.08. The summed E-state index contributed by atoms with van der Waals surface area (Å²) in [6.07, 6.45) is 3.37. The van der Waals surface area contributed by atoms with Gasteiger partial charge in [-0.2, -0.15) is 0 Å². The fraction of sp³-hybridized carbons (Fsp3) is 0.429. The fourth-order valence-electron chi connectivity index (χ4n) is 2.00. The maximum atomic E-state index is 12.0. The molecule has 1 N–H and O–H groups in total. The first kappa shape index (κ1) is 15.1. The Labute approximate surface area is 123 Å².